The number of fused-ring (bicyclic) bond motifs is 3. The Morgan fingerprint density at radius 1 is 0.929 bits per heavy atom. The lowest BCUT2D eigenvalue weighted by Gasteiger charge is -2.18. The number of phenolic OH excluding ortho intramolecular Hbond substituents is 2. The zero-order valence-electron chi connectivity index (χ0n) is 38.8. The number of H-pyrrole nitrogens is 1. The number of nitrogens with zero attached hydrogens (tertiary/aromatic N) is 7. The maximum atomic E-state index is 13.4. The van der Waals surface area contributed by atoms with E-state index in [0.29, 0.717) is 53.0 Å². The molecule has 0 aliphatic carbocycles. The van der Waals surface area contributed by atoms with Gasteiger partial charge in [-0.3, -0.25) is 19.3 Å². The first kappa shape index (κ1) is 50.6. The third-order valence-electron chi connectivity index (χ3n) is 11.4. The number of aliphatic imine (C=N–C) groups is 1. The molecular formula is C49H49ClF3N9O7S. The van der Waals surface area contributed by atoms with Crippen LogP contribution in [0.15, 0.2) is 94.7 Å². The summed E-state index contributed by atoms with van der Waals surface area (Å²) < 4.78 is 41.2. The second kappa shape index (κ2) is 21.1. The maximum Gasteiger partial charge on any atom is 0.490 e. The predicted molar refractivity (Wildman–Crippen MR) is 259 cm³/mol. The van der Waals surface area contributed by atoms with Gasteiger partial charge in [-0.25, -0.2) is 19.3 Å². The number of aromatic amines is 1. The summed E-state index contributed by atoms with van der Waals surface area (Å²) in [5.41, 5.74) is 7.13. The first-order valence-corrected chi connectivity index (χ1v) is 23.1. The fourth-order valence-corrected chi connectivity index (χ4v) is 9.15. The summed E-state index contributed by atoms with van der Waals surface area (Å²) in [6.07, 6.45) is -4.99. The average Bonchev–Trinajstić information content (AvgIpc) is 3.94. The summed E-state index contributed by atoms with van der Waals surface area (Å²) in [4.78, 5) is 43.7. The van der Waals surface area contributed by atoms with Gasteiger partial charge in [-0.2, -0.15) is 18.3 Å². The second-order valence-electron chi connectivity index (χ2n) is 16.9. The van der Waals surface area contributed by atoms with Crippen molar-refractivity contribution in [2.45, 2.75) is 72.3 Å². The summed E-state index contributed by atoms with van der Waals surface area (Å²) in [5, 5.41) is 48.3. The molecule has 0 spiro atoms. The zero-order valence-corrected chi connectivity index (χ0v) is 40.4. The molecule has 3 aromatic heterocycles. The van der Waals surface area contributed by atoms with Gasteiger partial charge in [0.2, 0.25) is 5.91 Å². The molecule has 1 aliphatic rings. The summed E-state index contributed by atoms with van der Waals surface area (Å²) >= 11 is 7.91. The molecule has 1 amide bonds. The number of halogens is 4. The lowest BCUT2D eigenvalue weighted by molar-refractivity contribution is -0.192. The normalized spacial score (nSPS) is 13.3. The standard InChI is InChI=1S/C47H48ClN9O5S.C2HF3O2/c1-26(2)36-21-37(40(59)23-39(36)58)44-52-54-47(61)57(44)34-15-7-30(8-16-34)24-55(6)25-31-9-17-35(18-10-31)62-20-19-49-41(60)22-38-45-53-51-29(5)56(45)46-42(27(3)28(4)63-46)43(50-38)32-11-13-33(48)14-12-32;3-2(4,5)1(6)7/h7-18,21,23,26,38,58-59H,19-20,22,24-25H2,1-6H3,(H,49,60)(H,54,61);(H,6,7)/t38-;/m0./s1. The Morgan fingerprint density at radius 3 is 2.17 bits per heavy atom. The number of rotatable bonds is 14. The predicted octanol–water partition coefficient (Wildman–Crippen LogP) is 8.73. The van der Waals surface area contributed by atoms with Gasteiger partial charge in [-0.15, -0.1) is 21.5 Å². The number of aromatic nitrogens is 6. The Kier molecular flexibility index (Phi) is 15.3. The summed E-state index contributed by atoms with van der Waals surface area (Å²) in [6.45, 7) is 11.9. The zero-order chi connectivity index (χ0) is 50.6. The Balaban J connectivity index is 0.000000959. The molecule has 0 fully saturated rings. The van der Waals surface area contributed by atoms with Gasteiger partial charge in [0.05, 0.1) is 29.9 Å². The third-order valence-corrected chi connectivity index (χ3v) is 12.8. The topological polar surface area (TPSA) is 213 Å². The lowest BCUT2D eigenvalue weighted by Crippen LogP contribution is -2.29. The smallest absolute Gasteiger partial charge is 0.490 e. The van der Waals surface area contributed by atoms with E-state index in [2.05, 4.69) is 44.5 Å². The van der Waals surface area contributed by atoms with Gasteiger partial charge in [0, 0.05) is 40.2 Å². The number of nitrogens with one attached hydrogen (secondary N) is 2. The number of aliphatic carboxylic acids is 1. The van der Waals surface area contributed by atoms with Gasteiger partial charge < -0.3 is 25.4 Å². The van der Waals surface area contributed by atoms with E-state index in [1.807, 2.05) is 105 Å². The van der Waals surface area contributed by atoms with Crippen molar-refractivity contribution >= 4 is 40.5 Å². The summed E-state index contributed by atoms with van der Waals surface area (Å²) in [6, 6.07) is 25.5. The highest BCUT2D eigenvalue weighted by atomic mass is 35.5. The molecule has 0 unspecified atom stereocenters. The van der Waals surface area contributed by atoms with Crippen molar-refractivity contribution in [3.63, 3.8) is 0 Å². The van der Waals surface area contributed by atoms with Crippen molar-refractivity contribution < 1.29 is 42.8 Å². The number of carbonyl (C=O) groups is 2. The maximum absolute atomic E-state index is 13.4. The number of aromatic hydroxyl groups is 2. The molecule has 16 nitrogen and oxygen atoms in total. The molecule has 0 radical (unpaired) electrons. The quantitative estimate of drug-likeness (QED) is 0.0650. The molecule has 1 atom stereocenters. The Morgan fingerprint density at radius 2 is 1.56 bits per heavy atom. The molecular weight excluding hydrogens is 951 g/mol. The van der Waals surface area contributed by atoms with E-state index in [1.165, 1.54) is 15.5 Å². The molecule has 0 saturated heterocycles. The van der Waals surface area contributed by atoms with Crippen LogP contribution in [-0.2, 0) is 22.7 Å². The SMILES string of the molecule is Cc1sc2c(c1C)C(c1ccc(Cl)cc1)=N[C@@H](CC(=O)NCCOc1ccc(CN(C)Cc3ccc(-n4c(-c5cc(C(C)C)c(O)cc5O)n[nH]c4=O)cc3)cc1)c1nnc(C)n1-2.O=C(O)C(F)(F)F. The Bertz CT molecular complexity index is 3110. The van der Waals surface area contributed by atoms with E-state index in [0.717, 1.165) is 44.4 Å². The lowest BCUT2D eigenvalue weighted by atomic mass is 9.98. The third kappa shape index (κ3) is 11.4. The first-order valence-electron chi connectivity index (χ1n) is 21.9. The molecule has 70 heavy (non-hydrogen) atoms. The van der Waals surface area contributed by atoms with E-state index in [-0.39, 0.29) is 42.2 Å². The fraction of sp³-hybridized carbons (Fsp3) is 0.286. The van der Waals surface area contributed by atoms with Crippen molar-refractivity contribution in [2.24, 2.45) is 4.99 Å². The van der Waals surface area contributed by atoms with Crippen molar-refractivity contribution in [1.82, 2.24) is 39.7 Å². The van der Waals surface area contributed by atoms with Gasteiger partial charge in [0.25, 0.3) is 0 Å². The first-order chi connectivity index (χ1) is 33.2. The van der Waals surface area contributed by atoms with Crippen LogP contribution in [0.4, 0.5) is 13.2 Å². The number of thiophene rings is 1. The Hall–Kier alpha value is -7.29. The van der Waals surface area contributed by atoms with Gasteiger partial charge in [0.1, 0.15) is 40.7 Å². The number of aryl methyl sites for hydroxylation is 2. The van der Waals surface area contributed by atoms with Crippen LogP contribution < -0.4 is 15.7 Å². The van der Waals surface area contributed by atoms with E-state index in [1.54, 1.807) is 17.4 Å². The van der Waals surface area contributed by atoms with E-state index in [4.69, 9.17) is 31.2 Å². The van der Waals surface area contributed by atoms with Crippen molar-refractivity contribution in [3.8, 4) is 39.3 Å². The van der Waals surface area contributed by atoms with Crippen LogP contribution >= 0.6 is 22.9 Å². The van der Waals surface area contributed by atoms with Crippen molar-refractivity contribution in [2.75, 3.05) is 20.2 Å². The van der Waals surface area contributed by atoms with Gasteiger partial charge in [0.15, 0.2) is 11.6 Å². The Labute approximate surface area is 408 Å². The number of ether oxygens (including phenoxy) is 1. The highest BCUT2D eigenvalue weighted by Gasteiger charge is 2.38. The van der Waals surface area contributed by atoms with E-state index in [9.17, 15) is 33.0 Å². The number of amides is 1. The van der Waals surface area contributed by atoms with Crippen LogP contribution in [0.1, 0.15) is 82.1 Å². The van der Waals surface area contributed by atoms with Crippen LogP contribution in [0, 0.1) is 20.8 Å². The minimum absolute atomic E-state index is 0.00481. The fourth-order valence-electron chi connectivity index (χ4n) is 7.81. The number of phenols is 2. The van der Waals surface area contributed by atoms with Crippen LogP contribution in [-0.4, -0.2) is 93.7 Å². The van der Waals surface area contributed by atoms with Gasteiger partial charge in [-0.1, -0.05) is 61.8 Å². The number of carboxylic acids is 1. The molecule has 5 N–H and O–H groups in total. The molecule has 4 heterocycles. The molecule has 7 aromatic rings. The van der Waals surface area contributed by atoms with Crippen LogP contribution in [0.2, 0.25) is 5.02 Å². The summed E-state index contributed by atoms with van der Waals surface area (Å²) in [5.74, 6) is -0.814. The van der Waals surface area contributed by atoms with Crippen LogP contribution in [0.25, 0.3) is 22.1 Å². The van der Waals surface area contributed by atoms with Gasteiger partial charge in [-0.05, 0) is 98.5 Å². The van der Waals surface area contributed by atoms with E-state index >= 15 is 0 Å². The molecule has 366 valence electrons. The largest absolute Gasteiger partial charge is 0.508 e. The number of alkyl halides is 3. The monoisotopic (exact) mass is 999 g/mol. The minimum Gasteiger partial charge on any atom is -0.508 e. The molecule has 0 saturated carbocycles. The number of hydrogen-bond acceptors (Lipinski definition) is 12. The number of carboxylic acid groups (broad SMARTS) is 1. The molecule has 21 heteroatoms. The minimum atomic E-state index is -5.08. The molecule has 4 aromatic carbocycles. The highest BCUT2D eigenvalue weighted by molar-refractivity contribution is 7.15. The number of benzene rings is 4. The molecule has 8 rings (SSSR count). The molecule has 0 bridgehead atoms. The van der Waals surface area contributed by atoms with Crippen molar-refractivity contribution in [3.05, 3.63) is 150 Å². The second-order valence-corrected chi connectivity index (χ2v) is 18.5. The number of hydrogen-bond donors (Lipinski definition) is 5. The summed E-state index contributed by atoms with van der Waals surface area (Å²) in [7, 11) is 2.03. The van der Waals surface area contributed by atoms with Gasteiger partial charge >= 0.3 is 17.8 Å². The molecule has 1 aliphatic heterocycles. The van der Waals surface area contributed by atoms with E-state index < -0.39 is 23.9 Å². The highest BCUT2D eigenvalue weighted by Crippen LogP contribution is 2.40. The number of carbonyl (C=O) groups excluding carboxylic acids is 1. The van der Waals surface area contributed by atoms with Crippen molar-refractivity contribution in [1.29, 1.82) is 0 Å². The average molecular weight is 1000 g/mol. The van der Waals surface area contributed by atoms with Crippen LogP contribution in [0.5, 0.6) is 17.2 Å². The van der Waals surface area contributed by atoms with Crippen LogP contribution in [0.3, 0.4) is 0 Å².